The summed E-state index contributed by atoms with van der Waals surface area (Å²) in [5.41, 5.74) is 6.65. The average Bonchev–Trinajstić information content (AvgIpc) is 2.53. The van der Waals surface area contributed by atoms with E-state index in [-0.39, 0.29) is 11.6 Å². The summed E-state index contributed by atoms with van der Waals surface area (Å²) in [5.74, 6) is -0.247. The lowest BCUT2D eigenvalue weighted by molar-refractivity contribution is 0.0844. The minimum atomic E-state index is -0.453. The predicted octanol–water partition coefficient (Wildman–Crippen LogP) is 2.35. The first-order valence-corrected chi connectivity index (χ1v) is 7.17. The van der Waals surface area contributed by atoms with Crippen LogP contribution in [0.2, 0.25) is 0 Å². The van der Waals surface area contributed by atoms with E-state index in [1.54, 1.807) is 30.3 Å². The molecule has 0 aliphatic carbocycles. The van der Waals surface area contributed by atoms with Gasteiger partial charge in [0.2, 0.25) is 0 Å². The normalized spacial score (nSPS) is 10.3. The maximum atomic E-state index is 12.0. The van der Waals surface area contributed by atoms with Crippen molar-refractivity contribution in [1.82, 2.24) is 15.8 Å². The summed E-state index contributed by atoms with van der Waals surface area (Å²) < 4.78 is 0. The Balaban J connectivity index is 1.91. The number of carbonyl (C=O) groups excluding carboxylic acids is 2. The van der Waals surface area contributed by atoms with Crippen molar-refractivity contribution in [3.8, 4) is 0 Å². The Hall–Kier alpha value is -2.69. The lowest BCUT2D eigenvalue weighted by Crippen LogP contribution is -2.41. The number of pyridine rings is 1. The molecule has 0 aliphatic rings. The first-order valence-electron chi connectivity index (χ1n) is 7.17. The Labute approximate surface area is 129 Å². The van der Waals surface area contributed by atoms with Crippen LogP contribution in [0.4, 0.5) is 0 Å². The molecule has 0 spiro atoms. The van der Waals surface area contributed by atoms with Crippen molar-refractivity contribution in [2.75, 3.05) is 0 Å². The molecule has 5 nitrogen and oxygen atoms in total. The Morgan fingerprint density at radius 3 is 2.27 bits per heavy atom. The Bertz CT molecular complexity index is 637. The number of hydrogen-bond donors (Lipinski definition) is 2. The van der Waals surface area contributed by atoms with Crippen LogP contribution in [0.1, 0.15) is 40.3 Å². The number of nitrogens with zero attached hydrogens (tertiary/aromatic N) is 1. The number of hydrazine groups is 1. The standard InChI is InChI=1S/C17H19N3O2/c1-12(2)11-13-6-8-14(9-7-13)16(21)19-20-17(22)15-5-3-4-10-18-15/h3-10,12H,11H2,1-2H3,(H,19,21)(H,20,22). The van der Waals surface area contributed by atoms with Crippen molar-refractivity contribution in [2.24, 2.45) is 5.92 Å². The largest absolute Gasteiger partial charge is 0.288 e. The summed E-state index contributed by atoms with van der Waals surface area (Å²) in [4.78, 5) is 27.6. The topological polar surface area (TPSA) is 71.1 Å². The van der Waals surface area contributed by atoms with Crippen LogP contribution >= 0.6 is 0 Å². The Kier molecular flexibility index (Phi) is 5.25. The van der Waals surface area contributed by atoms with E-state index < -0.39 is 5.91 Å². The Morgan fingerprint density at radius 1 is 1.00 bits per heavy atom. The third-order valence-electron chi connectivity index (χ3n) is 3.05. The van der Waals surface area contributed by atoms with Crippen molar-refractivity contribution in [3.63, 3.8) is 0 Å². The molecule has 114 valence electrons. The zero-order chi connectivity index (χ0) is 15.9. The van der Waals surface area contributed by atoms with Gasteiger partial charge in [-0.15, -0.1) is 0 Å². The van der Waals surface area contributed by atoms with Crippen LogP contribution in [0.15, 0.2) is 48.7 Å². The highest BCUT2D eigenvalue weighted by atomic mass is 16.2. The molecule has 0 unspecified atom stereocenters. The summed E-state index contributed by atoms with van der Waals surface area (Å²) in [6, 6.07) is 12.3. The van der Waals surface area contributed by atoms with Crippen molar-refractivity contribution in [3.05, 3.63) is 65.5 Å². The van der Waals surface area contributed by atoms with Gasteiger partial charge in [0.15, 0.2) is 0 Å². The lowest BCUT2D eigenvalue weighted by Gasteiger charge is -2.08. The third kappa shape index (κ3) is 4.41. The fourth-order valence-corrected chi connectivity index (χ4v) is 2.01. The molecular formula is C17H19N3O2. The quantitative estimate of drug-likeness (QED) is 0.851. The summed E-state index contributed by atoms with van der Waals surface area (Å²) in [5, 5.41) is 0. The molecule has 1 heterocycles. The van der Waals surface area contributed by atoms with Crippen LogP contribution in [0.3, 0.4) is 0 Å². The van der Waals surface area contributed by atoms with Crippen LogP contribution in [0.5, 0.6) is 0 Å². The highest BCUT2D eigenvalue weighted by Gasteiger charge is 2.09. The van der Waals surface area contributed by atoms with Crippen molar-refractivity contribution < 1.29 is 9.59 Å². The van der Waals surface area contributed by atoms with Gasteiger partial charge in [-0.3, -0.25) is 25.4 Å². The lowest BCUT2D eigenvalue weighted by atomic mass is 10.0. The van der Waals surface area contributed by atoms with E-state index in [0.29, 0.717) is 11.5 Å². The fraction of sp³-hybridized carbons (Fsp3) is 0.235. The number of nitrogens with one attached hydrogen (secondary N) is 2. The maximum Gasteiger partial charge on any atom is 0.288 e. The molecule has 1 aromatic heterocycles. The number of benzene rings is 1. The van der Waals surface area contributed by atoms with Gasteiger partial charge in [0.1, 0.15) is 5.69 Å². The minimum absolute atomic E-state index is 0.245. The van der Waals surface area contributed by atoms with Gasteiger partial charge < -0.3 is 0 Å². The zero-order valence-corrected chi connectivity index (χ0v) is 12.7. The monoisotopic (exact) mass is 297 g/mol. The van der Waals surface area contributed by atoms with Crippen LogP contribution in [0, 0.1) is 5.92 Å². The Morgan fingerprint density at radius 2 is 1.68 bits per heavy atom. The SMILES string of the molecule is CC(C)Cc1ccc(C(=O)NNC(=O)c2ccccn2)cc1. The smallest absolute Gasteiger partial charge is 0.267 e. The maximum absolute atomic E-state index is 12.0. The highest BCUT2D eigenvalue weighted by Crippen LogP contribution is 2.09. The van der Waals surface area contributed by atoms with E-state index in [2.05, 4.69) is 29.7 Å². The molecule has 2 amide bonds. The van der Waals surface area contributed by atoms with Crippen LogP contribution < -0.4 is 10.9 Å². The van der Waals surface area contributed by atoms with Crippen molar-refractivity contribution in [1.29, 1.82) is 0 Å². The summed E-state index contributed by atoms with van der Waals surface area (Å²) in [6.07, 6.45) is 2.49. The fourth-order valence-electron chi connectivity index (χ4n) is 2.01. The summed E-state index contributed by atoms with van der Waals surface area (Å²) in [6.45, 7) is 4.29. The van der Waals surface area contributed by atoms with E-state index in [4.69, 9.17) is 0 Å². The van der Waals surface area contributed by atoms with E-state index in [9.17, 15) is 9.59 Å². The molecule has 0 saturated heterocycles. The predicted molar refractivity (Wildman–Crippen MR) is 84.2 cm³/mol. The number of aromatic nitrogens is 1. The van der Waals surface area contributed by atoms with Crippen molar-refractivity contribution >= 4 is 11.8 Å². The first kappa shape index (κ1) is 15.7. The molecular weight excluding hydrogens is 278 g/mol. The van der Waals surface area contributed by atoms with Gasteiger partial charge in [-0.2, -0.15) is 0 Å². The number of rotatable bonds is 4. The van der Waals surface area contributed by atoms with Crippen molar-refractivity contribution in [2.45, 2.75) is 20.3 Å². The van der Waals surface area contributed by atoms with Gasteiger partial charge in [-0.05, 0) is 42.2 Å². The third-order valence-corrected chi connectivity index (χ3v) is 3.05. The molecule has 0 aliphatic heterocycles. The summed E-state index contributed by atoms with van der Waals surface area (Å²) in [7, 11) is 0. The molecule has 0 fully saturated rings. The van der Waals surface area contributed by atoms with Gasteiger partial charge in [0.05, 0.1) is 0 Å². The van der Waals surface area contributed by atoms with Crippen LogP contribution in [-0.4, -0.2) is 16.8 Å². The van der Waals surface area contributed by atoms with Gasteiger partial charge in [-0.25, -0.2) is 0 Å². The van der Waals surface area contributed by atoms with Gasteiger partial charge in [0, 0.05) is 11.8 Å². The minimum Gasteiger partial charge on any atom is -0.267 e. The second-order valence-electron chi connectivity index (χ2n) is 5.42. The molecule has 0 bridgehead atoms. The molecule has 0 atom stereocenters. The van der Waals surface area contributed by atoms with Gasteiger partial charge in [-0.1, -0.05) is 32.0 Å². The van der Waals surface area contributed by atoms with Gasteiger partial charge in [0.25, 0.3) is 11.8 Å². The molecule has 0 saturated carbocycles. The van der Waals surface area contributed by atoms with E-state index >= 15 is 0 Å². The highest BCUT2D eigenvalue weighted by molar-refractivity contribution is 5.98. The second-order valence-corrected chi connectivity index (χ2v) is 5.42. The number of hydrogen-bond acceptors (Lipinski definition) is 3. The molecule has 0 radical (unpaired) electrons. The van der Waals surface area contributed by atoms with E-state index in [1.807, 2.05) is 12.1 Å². The molecule has 1 aromatic carbocycles. The van der Waals surface area contributed by atoms with Crippen LogP contribution in [0.25, 0.3) is 0 Å². The molecule has 2 rings (SSSR count). The molecule has 2 N–H and O–H groups in total. The average molecular weight is 297 g/mol. The number of amides is 2. The number of carbonyl (C=O) groups is 2. The van der Waals surface area contributed by atoms with E-state index in [1.165, 1.54) is 11.8 Å². The second kappa shape index (κ2) is 7.36. The first-order chi connectivity index (χ1) is 10.6. The molecule has 22 heavy (non-hydrogen) atoms. The van der Waals surface area contributed by atoms with Gasteiger partial charge >= 0.3 is 0 Å². The van der Waals surface area contributed by atoms with Crippen LogP contribution in [-0.2, 0) is 6.42 Å². The molecule has 2 aromatic rings. The van der Waals surface area contributed by atoms with E-state index in [0.717, 1.165) is 6.42 Å². The molecule has 5 heteroatoms. The summed E-state index contributed by atoms with van der Waals surface area (Å²) >= 11 is 0. The zero-order valence-electron chi connectivity index (χ0n) is 12.7.